The van der Waals surface area contributed by atoms with E-state index in [1.54, 1.807) is 7.05 Å². The topological polar surface area (TPSA) is 54.9 Å². The SMILES string of the molecule is CN=C(NCCCCSC)NCc1ccc(C)cc1OC1CCOC1.I. The lowest BCUT2D eigenvalue weighted by atomic mass is 10.1. The molecule has 1 fully saturated rings. The number of nitrogens with zero attached hydrogens (tertiary/aromatic N) is 1. The second kappa shape index (κ2) is 13.5. The number of nitrogens with one attached hydrogen (secondary N) is 2. The van der Waals surface area contributed by atoms with Crippen molar-refractivity contribution in [2.75, 3.05) is 38.8 Å². The molecule has 148 valence electrons. The van der Waals surface area contributed by atoms with E-state index in [2.05, 4.69) is 47.0 Å². The van der Waals surface area contributed by atoms with Gasteiger partial charge in [0.05, 0.1) is 13.2 Å². The summed E-state index contributed by atoms with van der Waals surface area (Å²) >= 11 is 1.89. The summed E-state index contributed by atoms with van der Waals surface area (Å²) in [7, 11) is 1.81. The molecule has 0 amide bonds. The van der Waals surface area contributed by atoms with Crippen LogP contribution < -0.4 is 15.4 Å². The van der Waals surface area contributed by atoms with E-state index in [0.29, 0.717) is 13.2 Å². The highest BCUT2D eigenvalue weighted by Crippen LogP contribution is 2.23. The lowest BCUT2D eigenvalue weighted by Crippen LogP contribution is -2.37. The van der Waals surface area contributed by atoms with Gasteiger partial charge in [0.1, 0.15) is 11.9 Å². The highest BCUT2D eigenvalue weighted by molar-refractivity contribution is 14.0. The molecule has 1 unspecified atom stereocenters. The number of hydrogen-bond acceptors (Lipinski definition) is 4. The molecule has 0 saturated carbocycles. The van der Waals surface area contributed by atoms with E-state index < -0.39 is 0 Å². The van der Waals surface area contributed by atoms with E-state index >= 15 is 0 Å². The number of thioether (sulfide) groups is 1. The zero-order valence-electron chi connectivity index (χ0n) is 16.0. The van der Waals surface area contributed by atoms with Crippen LogP contribution in [0.2, 0.25) is 0 Å². The number of rotatable bonds is 9. The van der Waals surface area contributed by atoms with Gasteiger partial charge in [-0.15, -0.1) is 24.0 Å². The monoisotopic (exact) mass is 493 g/mol. The second-order valence-electron chi connectivity index (χ2n) is 6.27. The molecule has 5 nitrogen and oxygen atoms in total. The van der Waals surface area contributed by atoms with Crippen LogP contribution in [0.3, 0.4) is 0 Å². The first-order valence-corrected chi connectivity index (χ1v) is 10.4. The van der Waals surface area contributed by atoms with Crippen LogP contribution in [0.4, 0.5) is 0 Å². The number of halogens is 1. The Kier molecular flexibility index (Phi) is 12.1. The summed E-state index contributed by atoms with van der Waals surface area (Å²) in [5.41, 5.74) is 2.34. The molecule has 0 spiro atoms. The minimum atomic E-state index is 0. The van der Waals surface area contributed by atoms with Crippen molar-refractivity contribution in [3.8, 4) is 5.75 Å². The average Bonchev–Trinajstić information content (AvgIpc) is 3.12. The molecule has 0 bridgehead atoms. The lowest BCUT2D eigenvalue weighted by molar-refractivity contribution is 0.140. The molecule has 1 aliphatic heterocycles. The third kappa shape index (κ3) is 8.35. The van der Waals surface area contributed by atoms with Gasteiger partial charge in [-0.1, -0.05) is 12.1 Å². The van der Waals surface area contributed by atoms with Gasteiger partial charge in [-0.3, -0.25) is 4.99 Å². The fraction of sp³-hybridized carbons (Fsp3) is 0.632. The van der Waals surface area contributed by atoms with E-state index in [4.69, 9.17) is 9.47 Å². The Morgan fingerprint density at radius 3 is 2.88 bits per heavy atom. The Balaban J connectivity index is 0.00000338. The first-order valence-electron chi connectivity index (χ1n) is 9.00. The van der Waals surface area contributed by atoms with Gasteiger partial charge >= 0.3 is 0 Å². The molecule has 1 atom stereocenters. The molecule has 0 radical (unpaired) electrons. The number of unbranched alkanes of at least 4 members (excludes halogenated alkanes) is 1. The Morgan fingerprint density at radius 2 is 2.19 bits per heavy atom. The molecule has 1 aromatic rings. The highest BCUT2D eigenvalue weighted by atomic mass is 127. The van der Waals surface area contributed by atoms with Crippen LogP contribution in [0.5, 0.6) is 5.75 Å². The Labute approximate surface area is 179 Å². The van der Waals surface area contributed by atoms with E-state index in [9.17, 15) is 0 Å². The van der Waals surface area contributed by atoms with Gasteiger partial charge in [0.25, 0.3) is 0 Å². The number of ether oxygens (including phenoxy) is 2. The average molecular weight is 493 g/mol. The van der Waals surface area contributed by atoms with Crippen LogP contribution in [0.1, 0.15) is 30.4 Å². The van der Waals surface area contributed by atoms with Crippen molar-refractivity contribution in [3.63, 3.8) is 0 Å². The van der Waals surface area contributed by atoms with E-state index in [1.807, 2.05) is 11.8 Å². The largest absolute Gasteiger partial charge is 0.488 e. The van der Waals surface area contributed by atoms with Crippen molar-refractivity contribution in [1.29, 1.82) is 0 Å². The molecule has 1 aliphatic rings. The molecular formula is C19H32IN3O2S. The van der Waals surface area contributed by atoms with Crippen LogP contribution >= 0.6 is 35.7 Å². The molecule has 2 rings (SSSR count). The minimum absolute atomic E-state index is 0. The molecular weight excluding hydrogens is 461 g/mol. The number of aryl methyl sites for hydroxylation is 1. The maximum Gasteiger partial charge on any atom is 0.191 e. The maximum absolute atomic E-state index is 6.15. The van der Waals surface area contributed by atoms with Crippen molar-refractivity contribution in [1.82, 2.24) is 10.6 Å². The molecule has 1 heterocycles. The quantitative estimate of drug-likeness (QED) is 0.238. The third-order valence-electron chi connectivity index (χ3n) is 4.14. The summed E-state index contributed by atoms with van der Waals surface area (Å²) in [4.78, 5) is 4.30. The first kappa shape index (κ1) is 23.4. The van der Waals surface area contributed by atoms with Crippen LogP contribution in [0, 0.1) is 6.92 Å². The van der Waals surface area contributed by atoms with Crippen molar-refractivity contribution < 1.29 is 9.47 Å². The Hall–Kier alpha value is -0.670. The zero-order chi connectivity index (χ0) is 17.9. The fourth-order valence-electron chi connectivity index (χ4n) is 2.68. The Bertz CT molecular complexity index is 552. The molecule has 26 heavy (non-hydrogen) atoms. The molecule has 0 aromatic heterocycles. The number of benzene rings is 1. The summed E-state index contributed by atoms with van der Waals surface area (Å²) < 4.78 is 11.6. The van der Waals surface area contributed by atoms with Crippen LogP contribution in [0.15, 0.2) is 23.2 Å². The second-order valence-corrected chi connectivity index (χ2v) is 7.25. The molecule has 2 N–H and O–H groups in total. The van der Waals surface area contributed by atoms with Gasteiger partial charge < -0.3 is 20.1 Å². The highest BCUT2D eigenvalue weighted by Gasteiger charge is 2.18. The van der Waals surface area contributed by atoms with Crippen molar-refractivity contribution in [2.45, 2.75) is 38.8 Å². The summed E-state index contributed by atoms with van der Waals surface area (Å²) in [5, 5.41) is 6.76. The smallest absolute Gasteiger partial charge is 0.191 e. The van der Waals surface area contributed by atoms with Gasteiger partial charge in [0.15, 0.2) is 5.96 Å². The number of hydrogen-bond donors (Lipinski definition) is 2. The normalized spacial score (nSPS) is 16.9. The van der Waals surface area contributed by atoms with Gasteiger partial charge in [-0.2, -0.15) is 11.8 Å². The van der Waals surface area contributed by atoms with Gasteiger partial charge in [0, 0.05) is 32.1 Å². The molecule has 1 saturated heterocycles. The van der Waals surface area contributed by atoms with Crippen LogP contribution in [-0.4, -0.2) is 50.9 Å². The lowest BCUT2D eigenvalue weighted by Gasteiger charge is -2.18. The predicted octanol–water partition coefficient (Wildman–Crippen LogP) is 3.59. The van der Waals surface area contributed by atoms with Crippen molar-refractivity contribution >= 4 is 41.7 Å². The van der Waals surface area contributed by atoms with Crippen molar-refractivity contribution in [3.05, 3.63) is 29.3 Å². The van der Waals surface area contributed by atoms with Crippen molar-refractivity contribution in [2.24, 2.45) is 4.99 Å². The summed E-state index contributed by atoms with van der Waals surface area (Å²) in [6.07, 6.45) is 5.65. The third-order valence-corrected chi connectivity index (χ3v) is 4.84. The van der Waals surface area contributed by atoms with E-state index in [-0.39, 0.29) is 30.1 Å². The van der Waals surface area contributed by atoms with E-state index in [0.717, 1.165) is 43.3 Å². The van der Waals surface area contributed by atoms with Gasteiger partial charge in [-0.25, -0.2) is 0 Å². The van der Waals surface area contributed by atoms with Gasteiger partial charge in [-0.05, 0) is 43.4 Å². The summed E-state index contributed by atoms with van der Waals surface area (Å²) in [6, 6.07) is 6.35. The maximum atomic E-state index is 6.15. The molecule has 7 heteroatoms. The fourth-order valence-corrected chi connectivity index (χ4v) is 3.17. The van der Waals surface area contributed by atoms with E-state index in [1.165, 1.54) is 17.7 Å². The van der Waals surface area contributed by atoms with Gasteiger partial charge in [0.2, 0.25) is 0 Å². The zero-order valence-corrected chi connectivity index (χ0v) is 19.2. The number of guanidine groups is 1. The summed E-state index contributed by atoms with van der Waals surface area (Å²) in [5.74, 6) is 2.99. The molecule has 1 aromatic carbocycles. The Morgan fingerprint density at radius 1 is 1.35 bits per heavy atom. The predicted molar refractivity (Wildman–Crippen MR) is 122 cm³/mol. The minimum Gasteiger partial charge on any atom is -0.488 e. The summed E-state index contributed by atoms with van der Waals surface area (Å²) in [6.45, 7) is 5.19. The van der Waals surface area contributed by atoms with Crippen LogP contribution in [-0.2, 0) is 11.3 Å². The number of aliphatic imine (C=N–C) groups is 1. The standard InChI is InChI=1S/C19H31N3O2S.HI/c1-15-6-7-16(18(12-15)24-17-8-10-23-14-17)13-22-19(20-2)21-9-4-5-11-25-3;/h6-7,12,17H,4-5,8-11,13-14H2,1-3H3,(H2,20,21,22);1H. The first-order chi connectivity index (χ1) is 12.2. The van der Waals surface area contributed by atoms with Crippen LogP contribution in [0.25, 0.3) is 0 Å². The molecule has 0 aliphatic carbocycles.